The van der Waals surface area contributed by atoms with Gasteiger partial charge in [-0.2, -0.15) is 0 Å². The van der Waals surface area contributed by atoms with Crippen LogP contribution in [0.15, 0.2) is 22.8 Å². The van der Waals surface area contributed by atoms with Gasteiger partial charge in [0, 0.05) is 16.6 Å². The van der Waals surface area contributed by atoms with Gasteiger partial charge in [-0.3, -0.25) is 9.00 Å². The molecular weight excluding hydrogens is 212 g/mol. The number of hydrogen-bond donors (Lipinski definition) is 0. The predicted octanol–water partition coefficient (Wildman–Crippen LogP) is 2.40. The quantitative estimate of drug-likeness (QED) is 0.532. The first-order chi connectivity index (χ1) is 7.24. The van der Waals surface area contributed by atoms with Crippen LogP contribution in [0.1, 0.15) is 36.7 Å². The zero-order chi connectivity index (χ0) is 11.1. The summed E-state index contributed by atoms with van der Waals surface area (Å²) in [4.78, 5) is 11.5. The summed E-state index contributed by atoms with van der Waals surface area (Å²) in [5, 5.41) is 0. The third kappa shape index (κ3) is 4.42. The summed E-state index contributed by atoms with van der Waals surface area (Å²) >= 11 is 0. The number of Topliss-reactive ketones (excluding diaryl/α,β-unsaturated/α-hetero) is 1. The van der Waals surface area contributed by atoms with Gasteiger partial charge >= 0.3 is 0 Å². The predicted molar refractivity (Wildman–Crippen MR) is 60.4 cm³/mol. The largest absolute Gasteiger partial charge is 0.461 e. The molecule has 1 unspecified atom stereocenters. The van der Waals surface area contributed by atoms with Gasteiger partial charge in [0.2, 0.25) is 5.78 Å². The van der Waals surface area contributed by atoms with Crippen LogP contribution in [0.25, 0.3) is 0 Å². The van der Waals surface area contributed by atoms with E-state index in [1.165, 1.54) is 6.26 Å². The van der Waals surface area contributed by atoms with Crippen molar-refractivity contribution >= 4 is 16.6 Å². The van der Waals surface area contributed by atoms with E-state index >= 15 is 0 Å². The first-order valence-electron chi connectivity index (χ1n) is 5.15. The lowest BCUT2D eigenvalue weighted by molar-refractivity contribution is 0.0991. The highest BCUT2D eigenvalue weighted by Crippen LogP contribution is 2.04. The number of hydrogen-bond acceptors (Lipinski definition) is 3. The van der Waals surface area contributed by atoms with E-state index in [0.717, 1.165) is 19.3 Å². The average molecular weight is 228 g/mol. The molecule has 0 bridgehead atoms. The fourth-order valence-corrected chi connectivity index (χ4v) is 2.34. The first kappa shape index (κ1) is 12.2. The molecular formula is C11H16O3S. The van der Waals surface area contributed by atoms with Gasteiger partial charge in [0.05, 0.1) is 12.0 Å². The molecule has 1 atom stereocenters. The third-order valence-electron chi connectivity index (χ3n) is 2.06. The van der Waals surface area contributed by atoms with Gasteiger partial charge in [-0.25, -0.2) is 0 Å². The maximum Gasteiger partial charge on any atom is 0.210 e. The highest BCUT2D eigenvalue weighted by Gasteiger charge is 2.12. The number of carbonyl (C=O) groups excluding carboxylic acids is 1. The lowest BCUT2D eigenvalue weighted by Crippen LogP contribution is -2.12. The summed E-state index contributed by atoms with van der Waals surface area (Å²) in [6.07, 6.45) is 4.55. The van der Waals surface area contributed by atoms with Crippen LogP contribution in [0.2, 0.25) is 0 Å². The van der Waals surface area contributed by atoms with E-state index in [2.05, 4.69) is 6.92 Å². The van der Waals surface area contributed by atoms with Crippen molar-refractivity contribution in [3.05, 3.63) is 24.2 Å². The van der Waals surface area contributed by atoms with Gasteiger partial charge in [0.1, 0.15) is 0 Å². The maximum atomic E-state index is 11.5. The van der Waals surface area contributed by atoms with Crippen molar-refractivity contribution in [2.45, 2.75) is 26.2 Å². The Kier molecular flexibility index (Phi) is 5.32. The minimum atomic E-state index is -1.05. The van der Waals surface area contributed by atoms with Gasteiger partial charge in [-0.15, -0.1) is 0 Å². The van der Waals surface area contributed by atoms with E-state index in [1.54, 1.807) is 12.1 Å². The summed E-state index contributed by atoms with van der Waals surface area (Å²) < 4.78 is 16.4. The number of ketones is 1. The fraction of sp³-hybridized carbons (Fsp3) is 0.545. The second-order valence-electron chi connectivity index (χ2n) is 3.40. The Morgan fingerprint density at radius 1 is 1.47 bits per heavy atom. The molecule has 1 heterocycles. The highest BCUT2D eigenvalue weighted by molar-refractivity contribution is 7.85. The van der Waals surface area contributed by atoms with Crippen LogP contribution < -0.4 is 0 Å². The molecule has 3 nitrogen and oxygen atoms in total. The Hall–Kier alpha value is -0.900. The van der Waals surface area contributed by atoms with Crippen molar-refractivity contribution in [3.8, 4) is 0 Å². The Balaban J connectivity index is 2.29. The average Bonchev–Trinajstić information content (AvgIpc) is 2.70. The molecule has 0 amide bonds. The van der Waals surface area contributed by atoms with Crippen molar-refractivity contribution in [2.75, 3.05) is 11.5 Å². The van der Waals surface area contributed by atoms with Crippen molar-refractivity contribution in [2.24, 2.45) is 0 Å². The summed E-state index contributed by atoms with van der Waals surface area (Å²) in [5.41, 5.74) is 0. The normalized spacial score (nSPS) is 12.6. The van der Waals surface area contributed by atoms with Gasteiger partial charge in [0.15, 0.2) is 5.76 Å². The van der Waals surface area contributed by atoms with Gasteiger partial charge in [-0.05, 0) is 18.6 Å². The Morgan fingerprint density at radius 2 is 2.27 bits per heavy atom. The number of furan rings is 1. The molecule has 1 aromatic heterocycles. The van der Waals surface area contributed by atoms with Crippen molar-refractivity contribution in [1.82, 2.24) is 0 Å². The van der Waals surface area contributed by atoms with Crippen molar-refractivity contribution < 1.29 is 13.4 Å². The SMILES string of the molecule is CCCCCS(=O)CC(=O)c1ccco1. The monoisotopic (exact) mass is 228 g/mol. The third-order valence-corrected chi connectivity index (χ3v) is 3.39. The zero-order valence-electron chi connectivity index (χ0n) is 8.90. The van der Waals surface area contributed by atoms with E-state index in [9.17, 15) is 9.00 Å². The van der Waals surface area contributed by atoms with Gasteiger partial charge in [-0.1, -0.05) is 19.8 Å². The fourth-order valence-electron chi connectivity index (χ4n) is 1.24. The highest BCUT2D eigenvalue weighted by atomic mass is 32.2. The lowest BCUT2D eigenvalue weighted by atomic mass is 10.3. The summed E-state index contributed by atoms with van der Waals surface area (Å²) in [7, 11) is -1.05. The molecule has 0 saturated carbocycles. The second-order valence-corrected chi connectivity index (χ2v) is 4.97. The minimum absolute atomic E-state index is 0.0806. The van der Waals surface area contributed by atoms with Gasteiger partial charge in [0.25, 0.3) is 0 Å². The first-order valence-corrected chi connectivity index (χ1v) is 6.64. The molecule has 0 aliphatic rings. The van der Waals surface area contributed by atoms with Gasteiger partial charge < -0.3 is 4.42 Å². The summed E-state index contributed by atoms with van der Waals surface area (Å²) in [6, 6.07) is 3.26. The lowest BCUT2D eigenvalue weighted by Gasteiger charge is -1.99. The zero-order valence-corrected chi connectivity index (χ0v) is 9.72. The van der Waals surface area contributed by atoms with Crippen LogP contribution in [-0.2, 0) is 10.8 Å². The molecule has 15 heavy (non-hydrogen) atoms. The number of rotatable bonds is 7. The molecule has 0 spiro atoms. The Labute approximate surface area is 92.3 Å². The van der Waals surface area contributed by atoms with E-state index in [4.69, 9.17) is 4.42 Å². The summed E-state index contributed by atoms with van der Waals surface area (Å²) in [5.74, 6) is 0.825. The van der Waals surface area contributed by atoms with E-state index in [-0.39, 0.29) is 11.5 Å². The molecule has 1 aromatic rings. The van der Waals surface area contributed by atoms with Crippen LogP contribution >= 0.6 is 0 Å². The Bertz CT molecular complexity index is 317. The van der Waals surface area contributed by atoms with Crippen molar-refractivity contribution in [1.29, 1.82) is 0 Å². The minimum Gasteiger partial charge on any atom is -0.461 e. The standard InChI is InChI=1S/C11H16O3S/c1-2-3-4-8-15(13)9-10(12)11-6-5-7-14-11/h5-7H,2-4,8-9H2,1H3. The molecule has 0 N–H and O–H groups in total. The van der Waals surface area contributed by atoms with E-state index in [1.807, 2.05) is 0 Å². The molecule has 84 valence electrons. The van der Waals surface area contributed by atoms with Crippen LogP contribution in [-0.4, -0.2) is 21.5 Å². The Morgan fingerprint density at radius 3 is 2.87 bits per heavy atom. The molecule has 0 fully saturated rings. The van der Waals surface area contributed by atoms with E-state index < -0.39 is 10.8 Å². The molecule has 0 saturated heterocycles. The van der Waals surface area contributed by atoms with E-state index in [0.29, 0.717) is 11.5 Å². The molecule has 0 aliphatic heterocycles. The van der Waals surface area contributed by atoms with Crippen molar-refractivity contribution in [3.63, 3.8) is 0 Å². The molecule has 0 aliphatic carbocycles. The molecule has 0 radical (unpaired) electrons. The number of unbranched alkanes of at least 4 members (excludes halogenated alkanes) is 2. The van der Waals surface area contributed by atoms with Crippen LogP contribution in [0.5, 0.6) is 0 Å². The van der Waals surface area contributed by atoms with Crippen LogP contribution in [0.3, 0.4) is 0 Å². The molecule has 0 aromatic carbocycles. The summed E-state index contributed by atoms with van der Waals surface area (Å²) in [6.45, 7) is 2.09. The topological polar surface area (TPSA) is 47.3 Å². The molecule has 1 rings (SSSR count). The second kappa shape index (κ2) is 6.56. The van der Waals surface area contributed by atoms with Crippen LogP contribution in [0, 0.1) is 0 Å². The smallest absolute Gasteiger partial charge is 0.210 e. The number of carbonyl (C=O) groups is 1. The molecule has 4 heteroatoms. The van der Waals surface area contributed by atoms with Crippen LogP contribution in [0.4, 0.5) is 0 Å². The maximum absolute atomic E-state index is 11.5.